The lowest BCUT2D eigenvalue weighted by atomic mass is 10.2. The predicted octanol–water partition coefficient (Wildman–Crippen LogP) is 0.295. The minimum Gasteiger partial charge on any atom is -0.338 e. The van der Waals surface area contributed by atoms with Gasteiger partial charge in [-0.2, -0.15) is 4.98 Å². The van der Waals surface area contributed by atoms with E-state index in [1.165, 1.54) is 6.42 Å². The number of rotatable bonds is 3. The molecule has 1 saturated heterocycles. The van der Waals surface area contributed by atoms with Crippen LogP contribution >= 0.6 is 0 Å². The first-order chi connectivity index (χ1) is 6.25. The van der Waals surface area contributed by atoms with Gasteiger partial charge in [0.2, 0.25) is 5.89 Å². The Bertz CT molecular complexity index is 279. The summed E-state index contributed by atoms with van der Waals surface area (Å²) in [5, 5.41) is 3.85. The molecule has 0 saturated carbocycles. The normalized spacial score (nSPS) is 19.8. The minimum absolute atomic E-state index is 0.169. The monoisotopic (exact) mass is 182 g/mol. The molecule has 1 unspecified atom stereocenters. The van der Waals surface area contributed by atoms with E-state index in [9.17, 15) is 0 Å². The van der Waals surface area contributed by atoms with E-state index >= 15 is 0 Å². The van der Waals surface area contributed by atoms with Crippen LogP contribution in [-0.4, -0.2) is 28.1 Å². The van der Waals surface area contributed by atoms with Crippen LogP contribution in [0.3, 0.4) is 0 Å². The Labute approximate surface area is 76.9 Å². The van der Waals surface area contributed by atoms with E-state index in [1.807, 2.05) is 6.92 Å². The lowest BCUT2D eigenvalue weighted by molar-refractivity contribution is 0.166. The molecule has 0 bridgehead atoms. The van der Waals surface area contributed by atoms with Crippen molar-refractivity contribution in [2.24, 2.45) is 5.73 Å². The van der Waals surface area contributed by atoms with Gasteiger partial charge in [0, 0.05) is 0 Å². The second-order valence-electron chi connectivity index (χ2n) is 3.47. The van der Waals surface area contributed by atoms with Gasteiger partial charge < -0.3 is 10.3 Å². The lowest BCUT2D eigenvalue weighted by Crippen LogP contribution is -2.36. The molecule has 2 N–H and O–H groups in total. The summed E-state index contributed by atoms with van der Waals surface area (Å²) in [4.78, 5) is 6.46. The molecule has 1 fully saturated rings. The molecule has 1 aromatic heterocycles. The van der Waals surface area contributed by atoms with Crippen LogP contribution in [0.2, 0.25) is 0 Å². The van der Waals surface area contributed by atoms with Gasteiger partial charge in [-0.25, -0.2) is 0 Å². The maximum Gasteiger partial charge on any atom is 0.243 e. The Hall–Kier alpha value is -0.940. The Morgan fingerprint density at radius 1 is 1.62 bits per heavy atom. The highest BCUT2D eigenvalue weighted by Gasteiger charge is 2.17. The molecule has 2 heterocycles. The lowest BCUT2D eigenvalue weighted by Gasteiger charge is -2.28. The van der Waals surface area contributed by atoms with Gasteiger partial charge in [-0.3, -0.25) is 4.90 Å². The van der Waals surface area contributed by atoms with Crippen molar-refractivity contribution in [3.63, 3.8) is 0 Å². The summed E-state index contributed by atoms with van der Waals surface area (Å²) >= 11 is 0. The van der Waals surface area contributed by atoms with Crippen LogP contribution in [0, 0.1) is 0 Å². The summed E-state index contributed by atoms with van der Waals surface area (Å²) in [6.45, 7) is 4.90. The third-order valence-electron chi connectivity index (χ3n) is 2.19. The zero-order valence-electron chi connectivity index (χ0n) is 7.73. The maximum absolute atomic E-state index is 5.59. The van der Waals surface area contributed by atoms with Crippen molar-refractivity contribution < 1.29 is 4.52 Å². The summed E-state index contributed by atoms with van der Waals surface area (Å²) < 4.78 is 4.98. The highest BCUT2D eigenvalue weighted by molar-refractivity contribution is 4.91. The quantitative estimate of drug-likeness (QED) is 0.728. The highest BCUT2D eigenvalue weighted by atomic mass is 16.5. The van der Waals surface area contributed by atoms with Gasteiger partial charge >= 0.3 is 0 Å². The summed E-state index contributed by atoms with van der Waals surface area (Å²) in [6.07, 6.45) is 1.28. The van der Waals surface area contributed by atoms with Crippen molar-refractivity contribution in [2.45, 2.75) is 25.9 Å². The Balaban J connectivity index is 1.96. The van der Waals surface area contributed by atoms with Gasteiger partial charge in [0.1, 0.15) is 0 Å². The topological polar surface area (TPSA) is 68.2 Å². The molecular weight excluding hydrogens is 168 g/mol. The van der Waals surface area contributed by atoms with E-state index in [-0.39, 0.29) is 6.04 Å². The fourth-order valence-electron chi connectivity index (χ4n) is 1.26. The number of nitrogens with two attached hydrogens (primary N) is 1. The van der Waals surface area contributed by atoms with Crippen LogP contribution in [0.1, 0.15) is 31.1 Å². The van der Waals surface area contributed by atoms with Gasteiger partial charge in [-0.05, 0) is 26.4 Å². The second-order valence-corrected chi connectivity index (χ2v) is 3.47. The summed E-state index contributed by atoms with van der Waals surface area (Å²) in [7, 11) is 0. The van der Waals surface area contributed by atoms with E-state index in [0.717, 1.165) is 25.5 Å². The maximum atomic E-state index is 5.59. The molecule has 0 radical (unpaired) electrons. The van der Waals surface area contributed by atoms with Gasteiger partial charge in [0.25, 0.3) is 0 Å². The van der Waals surface area contributed by atoms with Crippen LogP contribution in [0.4, 0.5) is 0 Å². The van der Waals surface area contributed by atoms with Crippen molar-refractivity contribution in [2.75, 3.05) is 13.1 Å². The molecule has 1 atom stereocenters. The van der Waals surface area contributed by atoms with Crippen LogP contribution in [0.5, 0.6) is 0 Å². The van der Waals surface area contributed by atoms with E-state index in [2.05, 4.69) is 15.0 Å². The molecule has 1 aliphatic rings. The first-order valence-corrected chi connectivity index (χ1v) is 4.56. The van der Waals surface area contributed by atoms with Crippen molar-refractivity contribution in [1.29, 1.82) is 0 Å². The zero-order chi connectivity index (χ0) is 9.26. The summed E-state index contributed by atoms with van der Waals surface area (Å²) in [5.74, 6) is 1.27. The van der Waals surface area contributed by atoms with Crippen molar-refractivity contribution in [1.82, 2.24) is 15.0 Å². The van der Waals surface area contributed by atoms with Gasteiger partial charge in [0.05, 0.1) is 12.6 Å². The molecule has 1 aromatic rings. The number of aromatic nitrogens is 2. The molecule has 2 rings (SSSR count). The van der Waals surface area contributed by atoms with Crippen LogP contribution in [-0.2, 0) is 6.54 Å². The molecule has 72 valence electrons. The summed E-state index contributed by atoms with van der Waals surface area (Å²) in [6, 6.07) is -0.169. The molecule has 13 heavy (non-hydrogen) atoms. The highest BCUT2D eigenvalue weighted by Crippen LogP contribution is 2.11. The van der Waals surface area contributed by atoms with Crippen LogP contribution < -0.4 is 5.73 Å². The molecule has 5 heteroatoms. The van der Waals surface area contributed by atoms with Gasteiger partial charge in [0.15, 0.2) is 5.82 Å². The average Bonchev–Trinajstić information content (AvgIpc) is 2.44. The fraction of sp³-hybridized carbons (Fsp3) is 0.750. The molecule has 0 aliphatic carbocycles. The molecular formula is C8H14N4O. The standard InChI is InChI=1S/C8H14N4O/c1-6(9)8-10-7(11-13-8)5-12-3-2-4-12/h6H,2-5,9H2,1H3. The first-order valence-electron chi connectivity index (χ1n) is 4.56. The fourth-order valence-corrected chi connectivity index (χ4v) is 1.26. The van der Waals surface area contributed by atoms with Gasteiger partial charge in [-0.1, -0.05) is 5.16 Å². The molecule has 1 aliphatic heterocycles. The SMILES string of the molecule is CC(N)c1nc(CN2CCC2)no1. The molecule has 0 aromatic carbocycles. The Morgan fingerprint density at radius 3 is 2.85 bits per heavy atom. The molecule has 5 nitrogen and oxygen atoms in total. The number of likely N-dealkylation sites (tertiary alicyclic amines) is 1. The smallest absolute Gasteiger partial charge is 0.243 e. The van der Waals surface area contributed by atoms with Gasteiger partial charge in [-0.15, -0.1) is 0 Å². The predicted molar refractivity (Wildman–Crippen MR) is 46.8 cm³/mol. The average molecular weight is 182 g/mol. The van der Waals surface area contributed by atoms with Crippen molar-refractivity contribution in [3.05, 3.63) is 11.7 Å². The third kappa shape index (κ3) is 1.87. The van der Waals surface area contributed by atoms with Crippen LogP contribution in [0.25, 0.3) is 0 Å². The number of hydrogen-bond donors (Lipinski definition) is 1. The van der Waals surface area contributed by atoms with E-state index in [1.54, 1.807) is 0 Å². The van der Waals surface area contributed by atoms with Crippen molar-refractivity contribution in [3.8, 4) is 0 Å². The zero-order valence-corrected chi connectivity index (χ0v) is 7.73. The molecule has 0 amide bonds. The minimum atomic E-state index is -0.169. The third-order valence-corrected chi connectivity index (χ3v) is 2.19. The summed E-state index contributed by atoms with van der Waals surface area (Å²) in [5.41, 5.74) is 5.59. The Kier molecular flexibility index (Phi) is 2.28. The first kappa shape index (κ1) is 8.65. The van der Waals surface area contributed by atoms with E-state index in [0.29, 0.717) is 5.89 Å². The Morgan fingerprint density at radius 2 is 2.38 bits per heavy atom. The number of hydrogen-bond acceptors (Lipinski definition) is 5. The van der Waals surface area contributed by atoms with E-state index in [4.69, 9.17) is 10.3 Å². The van der Waals surface area contributed by atoms with Crippen molar-refractivity contribution >= 4 is 0 Å². The molecule has 0 spiro atoms. The van der Waals surface area contributed by atoms with E-state index < -0.39 is 0 Å². The number of nitrogens with zero attached hydrogens (tertiary/aromatic N) is 3. The largest absolute Gasteiger partial charge is 0.338 e. The van der Waals surface area contributed by atoms with Crippen LogP contribution in [0.15, 0.2) is 4.52 Å². The second kappa shape index (κ2) is 3.43.